The van der Waals surface area contributed by atoms with Gasteiger partial charge in [-0.1, -0.05) is 47.1 Å². The lowest BCUT2D eigenvalue weighted by molar-refractivity contribution is -0.385. The molecular formula is C15H14N2O3. The molecule has 0 bridgehead atoms. The van der Waals surface area contributed by atoms with E-state index in [1.807, 2.05) is 31.2 Å². The van der Waals surface area contributed by atoms with Crippen LogP contribution in [0.5, 0.6) is 0 Å². The van der Waals surface area contributed by atoms with Crippen LogP contribution < -0.4 is 0 Å². The number of hydrogen-bond donors (Lipinski definition) is 0. The Hall–Kier alpha value is -2.69. The predicted molar refractivity (Wildman–Crippen MR) is 76.7 cm³/mol. The van der Waals surface area contributed by atoms with Crippen molar-refractivity contribution in [2.75, 3.05) is 0 Å². The molecule has 0 aliphatic carbocycles. The van der Waals surface area contributed by atoms with E-state index < -0.39 is 4.92 Å². The minimum absolute atomic E-state index is 0.00943. The Balaban J connectivity index is 1.97. The maximum Gasteiger partial charge on any atom is 0.278 e. The maximum absolute atomic E-state index is 10.8. The minimum Gasteiger partial charge on any atom is -0.391 e. The van der Waals surface area contributed by atoms with Crippen molar-refractivity contribution in [1.82, 2.24) is 0 Å². The van der Waals surface area contributed by atoms with Gasteiger partial charge in [-0.2, -0.15) is 0 Å². The zero-order valence-corrected chi connectivity index (χ0v) is 11.0. The first-order chi connectivity index (χ1) is 9.66. The van der Waals surface area contributed by atoms with Crippen LogP contribution >= 0.6 is 0 Å². The molecule has 0 fully saturated rings. The second kappa shape index (κ2) is 6.47. The number of rotatable bonds is 5. The summed E-state index contributed by atoms with van der Waals surface area (Å²) in [6.45, 7) is 2.34. The van der Waals surface area contributed by atoms with Gasteiger partial charge >= 0.3 is 0 Å². The number of hydrogen-bond acceptors (Lipinski definition) is 4. The van der Waals surface area contributed by atoms with E-state index in [-0.39, 0.29) is 5.69 Å². The molecule has 2 aromatic carbocycles. The van der Waals surface area contributed by atoms with Crippen molar-refractivity contribution >= 4 is 11.9 Å². The van der Waals surface area contributed by atoms with Crippen LogP contribution in [-0.4, -0.2) is 11.1 Å². The van der Waals surface area contributed by atoms with Gasteiger partial charge in [0.2, 0.25) is 0 Å². The number of aryl methyl sites for hydroxylation is 1. The van der Waals surface area contributed by atoms with Crippen LogP contribution in [0.25, 0.3) is 0 Å². The van der Waals surface area contributed by atoms with Gasteiger partial charge in [0, 0.05) is 6.07 Å². The van der Waals surface area contributed by atoms with E-state index in [2.05, 4.69) is 5.16 Å². The molecule has 0 unspecified atom stereocenters. The van der Waals surface area contributed by atoms with Gasteiger partial charge in [-0.25, -0.2) is 0 Å². The molecule has 0 aromatic heterocycles. The average Bonchev–Trinajstić information content (AvgIpc) is 2.46. The SMILES string of the molecule is Cc1ccc(CO/N=C/c2ccccc2[N+](=O)[O-])cc1. The van der Waals surface area contributed by atoms with Gasteiger partial charge in [0.05, 0.1) is 16.7 Å². The fraction of sp³-hybridized carbons (Fsp3) is 0.133. The van der Waals surface area contributed by atoms with Crippen LogP contribution in [0.15, 0.2) is 53.7 Å². The monoisotopic (exact) mass is 270 g/mol. The van der Waals surface area contributed by atoms with Crippen molar-refractivity contribution in [3.63, 3.8) is 0 Å². The van der Waals surface area contributed by atoms with Crippen LogP contribution in [-0.2, 0) is 11.4 Å². The largest absolute Gasteiger partial charge is 0.391 e. The molecular weight excluding hydrogens is 256 g/mol. The Morgan fingerprint density at radius 1 is 1.20 bits per heavy atom. The van der Waals surface area contributed by atoms with Gasteiger partial charge in [0.1, 0.15) is 6.61 Å². The second-order valence-corrected chi connectivity index (χ2v) is 4.31. The van der Waals surface area contributed by atoms with Crippen molar-refractivity contribution in [3.05, 3.63) is 75.3 Å². The summed E-state index contributed by atoms with van der Waals surface area (Å²) in [4.78, 5) is 15.5. The van der Waals surface area contributed by atoms with E-state index in [1.54, 1.807) is 18.2 Å². The highest BCUT2D eigenvalue weighted by Crippen LogP contribution is 2.15. The van der Waals surface area contributed by atoms with Crippen molar-refractivity contribution in [2.45, 2.75) is 13.5 Å². The Bertz CT molecular complexity index is 621. The van der Waals surface area contributed by atoms with Crippen molar-refractivity contribution < 1.29 is 9.76 Å². The quantitative estimate of drug-likeness (QED) is 0.475. The molecule has 0 aliphatic heterocycles. The van der Waals surface area contributed by atoms with Gasteiger partial charge in [-0.15, -0.1) is 0 Å². The Kier molecular flexibility index (Phi) is 4.44. The Morgan fingerprint density at radius 3 is 2.60 bits per heavy atom. The highest BCUT2D eigenvalue weighted by Gasteiger charge is 2.09. The molecule has 5 nitrogen and oxygen atoms in total. The summed E-state index contributed by atoms with van der Waals surface area (Å²) in [6, 6.07) is 14.3. The molecule has 0 N–H and O–H groups in total. The minimum atomic E-state index is -0.443. The Morgan fingerprint density at radius 2 is 1.90 bits per heavy atom. The van der Waals surface area contributed by atoms with Gasteiger partial charge in [-0.3, -0.25) is 10.1 Å². The topological polar surface area (TPSA) is 64.7 Å². The zero-order valence-electron chi connectivity index (χ0n) is 11.0. The number of oxime groups is 1. The zero-order chi connectivity index (χ0) is 14.4. The molecule has 102 valence electrons. The Labute approximate surface area is 116 Å². The normalized spacial score (nSPS) is 10.7. The summed E-state index contributed by atoms with van der Waals surface area (Å²) in [6.07, 6.45) is 1.35. The predicted octanol–water partition coefficient (Wildman–Crippen LogP) is 3.45. The van der Waals surface area contributed by atoms with Crippen molar-refractivity contribution in [1.29, 1.82) is 0 Å². The summed E-state index contributed by atoms with van der Waals surface area (Å²) < 4.78 is 0. The molecule has 0 aliphatic rings. The van der Waals surface area contributed by atoms with Crippen LogP contribution in [0.4, 0.5) is 5.69 Å². The fourth-order valence-corrected chi connectivity index (χ4v) is 1.65. The molecule has 0 saturated carbocycles. The van der Waals surface area contributed by atoms with Crippen LogP contribution in [0.2, 0.25) is 0 Å². The number of nitro groups is 1. The third kappa shape index (κ3) is 3.65. The smallest absolute Gasteiger partial charge is 0.278 e. The van der Waals surface area contributed by atoms with Crippen molar-refractivity contribution in [2.24, 2.45) is 5.16 Å². The molecule has 0 atom stereocenters. The van der Waals surface area contributed by atoms with Crippen molar-refractivity contribution in [3.8, 4) is 0 Å². The first-order valence-electron chi connectivity index (χ1n) is 6.11. The molecule has 0 radical (unpaired) electrons. The molecule has 0 saturated heterocycles. The summed E-state index contributed by atoms with van der Waals surface area (Å²) in [5, 5.41) is 14.6. The fourth-order valence-electron chi connectivity index (χ4n) is 1.65. The van der Waals surface area contributed by atoms with Crippen LogP contribution in [0.3, 0.4) is 0 Å². The molecule has 2 aromatic rings. The van der Waals surface area contributed by atoms with E-state index in [1.165, 1.54) is 17.8 Å². The second-order valence-electron chi connectivity index (χ2n) is 4.31. The van der Waals surface area contributed by atoms with Gasteiger partial charge in [0.15, 0.2) is 0 Å². The lowest BCUT2D eigenvalue weighted by Gasteiger charge is -2.00. The van der Waals surface area contributed by atoms with Crippen LogP contribution in [0, 0.1) is 17.0 Å². The summed E-state index contributed by atoms with van der Waals surface area (Å²) >= 11 is 0. The van der Waals surface area contributed by atoms with Gasteiger partial charge in [-0.05, 0) is 18.6 Å². The number of para-hydroxylation sites is 1. The van der Waals surface area contributed by atoms with E-state index in [0.29, 0.717) is 12.2 Å². The maximum atomic E-state index is 10.8. The number of benzene rings is 2. The summed E-state index contributed by atoms with van der Waals surface area (Å²) in [7, 11) is 0. The summed E-state index contributed by atoms with van der Waals surface area (Å²) in [5.74, 6) is 0. The molecule has 0 heterocycles. The molecule has 2 rings (SSSR count). The molecule has 20 heavy (non-hydrogen) atoms. The summed E-state index contributed by atoms with van der Waals surface area (Å²) in [5.41, 5.74) is 2.60. The first kappa shape index (κ1) is 13.7. The number of nitro benzene ring substituents is 1. The van der Waals surface area contributed by atoms with E-state index in [0.717, 1.165) is 5.56 Å². The van der Waals surface area contributed by atoms with Gasteiger partial charge < -0.3 is 4.84 Å². The molecule has 5 heteroatoms. The standard InChI is InChI=1S/C15H14N2O3/c1-12-6-8-13(9-7-12)11-20-16-10-14-4-2-3-5-15(14)17(18)19/h2-10H,11H2,1H3/b16-10+. The third-order valence-corrected chi connectivity index (χ3v) is 2.75. The highest BCUT2D eigenvalue weighted by molar-refractivity contribution is 5.84. The number of nitrogens with zero attached hydrogens (tertiary/aromatic N) is 2. The highest BCUT2D eigenvalue weighted by atomic mass is 16.6. The van der Waals surface area contributed by atoms with Crippen LogP contribution in [0.1, 0.15) is 16.7 Å². The third-order valence-electron chi connectivity index (χ3n) is 2.75. The lowest BCUT2D eigenvalue weighted by Crippen LogP contribution is -1.94. The van der Waals surface area contributed by atoms with E-state index in [4.69, 9.17) is 4.84 Å². The first-order valence-corrected chi connectivity index (χ1v) is 6.11. The average molecular weight is 270 g/mol. The lowest BCUT2D eigenvalue weighted by atomic mass is 10.2. The van der Waals surface area contributed by atoms with E-state index >= 15 is 0 Å². The van der Waals surface area contributed by atoms with Gasteiger partial charge in [0.25, 0.3) is 5.69 Å². The molecule has 0 spiro atoms. The van der Waals surface area contributed by atoms with E-state index in [9.17, 15) is 10.1 Å². The molecule has 0 amide bonds.